The lowest BCUT2D eigenvalue weighted by atomic mass is 10.1. The second-order valence-corrected chi connectivity index (χ2v) is 6.59. The Morgan fingerprint density at radius 2 is 2.00 bits per heavy atom. The van der Waals surface area contributed by atoms with E-state index < -0.39 is 0 Å². The van der Waals surface area contributed by atoms with Crippen LogP contribution in [0.1, 0.15) is 16.7 Å². The van der Waals surface area contributed by atoms with Crippen molar-refractivity contribution in [2.24, 2.45) is 0 Å². The summed E-state index contributed by atoms with van der Waals surface area (Å²) in [5, 5.41) is 8.61. The van der Waals surface area contributed by atoms with Crippen LogP contribution in [0.4, 0.5) is 10.2 Å². The van der Waals surface area contributed by atoms with Gasteiger partial charge in [-0.25, -0.2) is 9.07 Å². The van der Waals surface area contributed by atoms with E-state index in [1.807, 2.05) is 4.68 Å². The maximum atomic E-state index is 13.4. The topological polar surface area (TPSA) is 29.9 Å². The number of nitrogens with one attached hydrogen (secondary N) is 1. The number of rotatable bonds is 2. The molecule has 5 heteroatoms. The minimum Gasteiger partial charge on any atom is -0.369 e. The lowest BCUT2D eigenvalue weighted by Crippen LogP contribution is -2.06. The van der Waals surface area contributed by atoms with E-state index in [4.69, 9.17) is 16.7 Å². The largest absolute Gasteiger partial charge is 0.369 e. The molecule has 1 N–H and O–H groups in total. The average Bonchev–Trinajstić information content (AvgIpc) is 3.13. The van der Waals surface area contributed by atoms with Gasteiger partial charge in [-0.1, -0.05) is 23.7 Å². The fourth-order valence-electron chi connectivity index (χ4n) is 3.19. The highest BCUT2D eigenvalue weighted by Crippen LogP contribution is 2.38. The molecule has 0 atom stereocenters. The summed E-state index contributed by atoms with van der Waals surface area (Å²) in [4.78, 5) is 0. The van der Waals surface area contributed by atoms with Crippen molar-refractivity contribution >= 4 is 17.4 Å². The van der Waals surface area contributed by atoms with E-state index in [1.54, 1.807) is 6.07 Å². The van der Waals surface area contributed by atoms with E-state index in [9.17, 15) is 4.39 Å². The number of benzene rings is 2. The maximum absolute atomic E-state index is 13.4. The van der Waals surface area contributed by atoms with Gasteiger partial charge in [0.25, 0.3) is 0 Å². The van der Waals surface area contributed by atoms with Crippen molar-refractivity contribution in [1.82, 2.24) is 9.78 Å². The number of halogens is 2. The van der Waals surface area contributed by atoms with Crippen LogP contribution in [0.3, 0.4) is 0 Å². The van der Waals surface area contributed by atoms with Crippen LogP contribution in [0, 0.1) is 19.7 Å². The second-order valence-electron chi connectivity index (χ2n) is 6.18. The molecule has 0 fully saturated rings. The molecule has 2 heterocycles. The quantitative estimate of drug-likeness (QED) is 0.717. The van der Waals surface area contributed by atoms with Crippen LogP contribution < -0.4 is 5.32 Å². The molecule has 24 heavy (non-hydrogen) atoms. The predicted molar refractivity (Wildman–Crippen MR) is 95.6 cm³/mol. The normalized spacial score (nSPS) is 13.0. The molecule has 0 unspecified atom stereocenters. The lowest BCUT2D eigenvalue weighted by molar-refractivity contribution is 0.628. The Bertz CT molecular complexity index is 946. The summed E-state index contributed by atoms with van der Waals surface area (Å²) < 4.78 is 15.3. The summed E-state index contributed by atoms with van der Waals surface area (Å²) in [6.07, 6.45) is 0.878. The van der Waals surface area contributed by atoms with Crippen LogP contribution in [-0.4, -0.2) is 16.3 Å². The summed E-state index contributed by atoms with van der Waals surface area (Å²) >= 11 is 6.27. The van der Waals surface area contributed by atoms with Crippen molar-refractivity contribution in [3.8, 4) is 16.9 Å². The highest BCUT2D eigenvalue weighted by atomic mass is 35.5. The van der Waals surface area contributed by atoms with Crippen LogP contribution >= 0.6 is 11.6 Å². The van der Waals surface area contributed by atoms with Gasteiger partial charge in [-0.2, -0.15) is 5.10 Å². The molecule has 0 spiro atoms. The zero-order valence-corrected chi connectivity index (χ0v) is 14.3. The molecule has 0 aliphatic carbocycles. The Morgan fingerprint density at radius 3 is 2.79 bits per heavy atom. The first-order valence-electron chi connectivity index (χ1n) is 7.93. The van der Waals surface area contributed by atoms with Gasteiger partial charge >= 0.3 is 0 Å². The van der Waals surface area contributed by atoms with Crippen LogP contribution in [-0.2, 0) is 6.42 Å². The van der Waals surface area contributed by atoms with E-state index in [0.29, 0.717) is 5.02 Å². The van der Waals surface area contributed by atoms with E-state index >= 15 is 0 Å². The molecule has 0 amide bonds. The molecule has 4 rings (SSSR count). The van der Waals surface area contributed by atoms with Crippen LogP contribution in [0.2, 0.25) is 5.02 Å². The van der Waals surface area contributed by atoms with Crippen molar-refractivity contribution in [3.05, 3.63) is 63.9 Å². The first-order valence-corrected chi connectivity index (χ1v) is 8.31. The zero-order chi connectivity index (χ0) is 16.8. The SMILES string of the molecule is Cc1ccc(C)c(-n2nc(-c3ccc(F)cc3Cl)c3c2NCC3)c1. The fourth-order valence-corrected chi connectivity index (χ4v) is 3.45. The molecule has 0 bridgehead atoms. The standard InChI is InChI=1S/C19H17ClFN3/c1-11-3-4-12(2)17(9-11)24-19-15(7-8-22-19)18(23-24)14-6-5-13(21)10-16(14)20/h3-6,9-10,22H,7-8H2,1-2H3. The number of hydrogen-bond acceptors (Lipinski definition) is 2. The first-order chi connectivity index (χ1) is 11.5. The van der Waals surface area contributed by atoms with Crippen LogP contribution in [0.5, 0.6) is 0 Å². The van der Waals surface area contributed by atoms with E-state index in [0.717, 1.165) is 46.9 Å². The fraction of sp³-hybridized carbons (Fsp3) is 0.211. The van der Waals surface area contributed by atoms with Crippen LogP contribution in [0.15, 0.2) is 36.4 Å². The molecule has 122 valence electrons. The molecule has 0 radical (unpaired) electrons. The third-order valence-corrected chi connectivity index (χ3v) is 4.74. The number of fused-ring (bicyclic) bond motifs is 1. The monoisotopic (exact) mass is 341 g/mol. The summed E-state index contributed by atoms with van der Waals surface area (Å²) in [5.41, 5.74) is 6.09. The summed E-state index contributed by atoms with van der Waals surface area (Å²) in [7, 11) is 0. The zero-order valence-electron chi connectivity index (χ0n) is 13.5. The van der Waals surface area contributed by atoms with Gasteiger partial charge in [-0.05, 0) is 55.7 Å². The molecule has 0 saturated heterocycles. The highest BCUT2D eigenvalue weighted by Gasteiger charge is 2.25. The van der Waals surface area contributed by atoms with Gasteiger partial charge in [0.1, 0.15) is 11.6 Å². The Kier molecular flexibility index (Phi) is 3.57. The van der Waals surface area contributed by atoms with Gasteiger partial charge in [-0.3, -0.25) is 0 Å². The number of aryl methyl sites for hydroxylation is 2. The summed E-state index contributed by atoms with van der Waals surface area (Å²) in [5.74, 6) is 0.659. The lowest BCUT2D eigenvalue weighted by Gasteiger charge is -2.10. The summed E-state index contributed by atoms with van der Waals surface area (Å²) in [6, 6.07) is 10.8. The number of nitrogens with zero attached hydrogens (tertiary/aromatic N) is 2. The average molecular weight is 342 g/mol. The molecule has 3 aromatic rings. The van der Waals surface area contributed by atoms with Gasteiger partial charge in [0.15, 0.2) is 0 Å². The van der Waals surface area contributed by atoms with Gasteiger partial charge in [-0.15, -0.1) is 0 Å². The van der Waals surface area contributed by atoms with Gasteiger partial charge in [0.05, 0.1) is 16.4 Å². The molecular formula is C19H17ClFN3. The molecular weight excluding hydrogens is 325 g/mol. The first kappa shape index (κ1) is 15.2. The van der Waals surface area contributed by atoms with E-state index in [1.165, 1.54) is 17.7 Å². The molecule has 2 aromatic carbocycles. The Hall–Kier alpha value is -2.33. The summed E-state index contributed by atoms with van der Waals surface area (Å²) in [6.45, 7) is 5.00. The van der Waals surface area contributed by atoms with Crippen molar-refractivity contribution in [3.63, 3.8) is 0 Å². The molecule has 3 nitrogen and oxygen atoms in total. The Labute approximate surface area is 145 Å². The van der Waals surface area contributed by atoms with Crippen LogP contribution in [0.25, 0.3) is 16.9 Å². The van der Waals surface area contributed by atoms with E-state index in [2.05, 4.69) is 37.4 Å². The third kappa shape index (κ3) is 2.38. The maximum Gasteiger partial charge on any atom is 0.133 e. The molecule has 1 aliphatic heterocycles. The van der Waals surface area contributed by atoms with Crippen molar-refractivity contribution in [1.29, 1.82) is 0 Å². The number of hydrogen-bond donors (Lipinski definition) is 1. The molecule has 1 aliphatic rings. The van der Waals surface area contributed by atoms with Crippen molar-refractivity contribution in [2.45, 2.75) is 20.3 Å². The number of anilines is 1. The Balaban J connectivity index is 1.94. The van der Waals surface area contributed by atoms with Crippen molar-refractivity contribution in [2.75, 3.05) is 11.9 Å². The third-order valence-electron chi connectivity index (χ3n) is 4.43. The van der Waals surface area contributed by atoms with Gasteiger partial charge in [0.2, 0.25) is 0 Å². The highest BCUT2D eigenvalue weighted by molar-refractivity contribution is 6.33. The second kappa shape index (κ2) is 5.64. The smallest absolute Gasteiger partial charge is 0.133 e. The minimum absolute atomic E-state index is 0.340. The number of aromatic nitrogens is 2. The molecule has 1 aromatic heterocycles. The predicted octanol–water partition coefficient (Wildman–Crippen LogP) is 4.92. The van der Waals surface area contributed by atoms with Gasteiger partial charge < -0.3 is 5.32 Å². The van der Waals surface area contributed by atoms with Crippen molar-refractivity contribution < 1.29 is 4.39 Å². The molecule has 0 saturated carbocycles. The van der Waals surface area contributed by atoms with E-state index in [-0.39, 0.29) is 5.82 Å². The van der Waals surface area contributed by atoms with Gasteiger partial charge in [0, 0.05) is 17.7 Å². The minimum atomic E-state index is -0.340. The Morgan fingerprint density at radius 1 is 1.17 bits per heavy atom.